The molecule has 0 fully saturated rings. The number of hydrogen-bond acceptors (Lipinski definition) is 1. The van der Waals surface area contributed by atoms with Gasteiger partial charge in [-0.15, -0.1) is 0 Å². The zero-order chi connectivity index (χ0) is 12.1. The van der Waals surface area contributed by atoms with E-state index < -0.39 is 0 Å². The minimum Gasteiger partial charge on any atom is -0.382 e. The van der Waals surface area contributed by atoms with Crippen LogP contribution in [0.4, 0.5) is 5.69 Å². The van der Waals surface area contributed by atoms with Gasteiger partial charge in [-0.25, -0.2) is 0 Å². The summed E-state index contributed by atoms with van der Waals surface area (Å²) in [6.45, 7) is 4.49. The Bertz CT molecular complexity index is 436. The molecule has 0 aliphatic heterocycles. The van der Waals surface area contributed by atoms with Gasteiger partial charge >= 0.3 is 0 Å². The Morgan fingerprint density at radius 1 is 0.765 bits per heavy atom. The van der Waals surface area contributed by atoms with Gasteiger partial charge in [0.1, 0.15) is 0 Å². The third-order valence-corrected chi connectivity index (χ3v) is 3.24. The summed E-state index contributed by atoms with van der Waals surface area (Å²) in [7, 11) is 0. The molecular formula is C16H19N. The average molecular weight is 225 g/mol. The molecule has 0 unspecified atom stereocenters. The molecule has 2 aromatic rings. The lowest BCUT2D eigenvalue weighted by Crippen LogP contribution is -2.22. The molecule has 0 spiro atoms. The SMILES string of the molecule is C[C@H](Nc1ccccc1)[C@@H](C)c1ccccc1. The molecule has 0 saturated heterocycles. The van der Waals surface area contributed by atoms with E-state index in [9.17, 15) is 0 Å². The molecule has 0 aromatic heterocycles. The first-order chi connectivity index (χ1) is 8.27. The van der Waals surface area contributed by atoms with Gasteiger partial charge in [-0.1, -0.05) is 55.5 Å². The smallest absolute Gasteiger partial charge is 0.0342 e. The first-order valence-electron chi connectivity index (χ1n) is 6.14. The zero-order valence-corrected chi connectivity index (χ0v) is 10.4. The van der Waals surface area contributed by atoms with Crippen LogP contribution in [0, 0.1) is 0 Å². The standard InChI is InChI=1S/C16H19N/c1-13(15-9-5-3-6-10-15)14(2)17-16-11-7-4-8-12-16/h3-14,17H,1-2H3/t13-,14+/m1/s1. The number of anilines is 1. The number of hydrogen-bond donors (Lipinski definition) is 1. The summed E-state index contributed by atoms with van der Waals surface area (Å²) in [6.07, 6.45) is 0. The van der Waals surface area contributed by atoms with E-state index >= 15 is 0 Å². The van der Waals surface area contributed by atoms with Crippen molar-refractivity contribution in [2.75, 3.05) is 5.32 Å². The second-order valence-corrected chi connectivity index (χ2v) is 4.50. The Balaban J connectivity index is 2.03. The number of para-hydroxylation sites is 1. The van der Waals surface area contributed by atoms with Crippen molar-refractivity contribution in [1.82, 2.24) is 0 Å². The minimum absolute atomic E-state index is 0.416. The molecule has 1 N–H and O–H groups in total. The van der Waals surface area contributed by atoms with Crippen LogP contribution in [0.25, 0.3) is 0 Å². The Kier molecular flexibility index (Phi) is 3.81. The highest BCUT2D eigenvalue weighted by molar-refractivity contribution is 5.44. The Hall–Kier alpha value is -1.76. The van der Waals surface area contributed by atoms with E-state index in [1.54, 1.807) is 0 Å². The van der Waals surface area contributed by atoms with Crippen molar-refractivity contribution in [3.05, 3.63) is 66.2 Å². The van der Waals surface area contributed by atoms with Crippen molar-refractivity contribution >= 4 is 5.69 Å². The quantitative estimate of drug-likeness (QED) is 0.818. The zero-order valence-electron chi connectivity index (χ0n) is 10.4. The Morgan fingerprint density at radius 2 is 1.29 bits per heavy atom. The number of nitrogens with one attached hydrogen (secondary N) is 1. The van der Waals surface area contributed by atoms with E-state index in [-0.39, 0.29) is 0 Å². The highest BCUT2D eigenvalue weighted by Crippen LogP contribution is 2.21. The van der Waals surface area contributed by atoms with E-state index in [0.29, 0.717) is 12.0 Å². The first-order valence-corrected chi connectivity index (χ1v) is 6.14. The molecule has 17 heavy (non-hydrogen) atoms. The van der Waals surface area contributed by atoms with E-state index in [2.05, 4.69) is 73.8 Å². The summed E-state index contributed by atoms with van der Waals surface area (Å²) >= 11 is 0. The summed E-state index contributed by atoms with van der Waals surface area (Å²) in [4.78, 5) is 0. The predicted molar refractivity (Wildman–Crippen MR) is 74.4 cm³/mol. The van der Waals surface area contributed by atoms with Gasteiger partial charge in [-0.3, -0.25) is 0 Å². The van der Waals surface area contributed by atoms with Gasteiger partial charge in [0.05, 0.1) is 0 Å². The van der Waals surface area contributed by atoms with Crippen molar-refractivity contribution < 1.29 is 0 Å². The van der Waals surface area contributed by atoms with Gasteiger partial charge in [-0.05, 0) is 24.6 Å². The molecule has 0 aliphatic carbocycles. The van der Waals surface area contributed by atoms with Crippen LogP contribution in [0.15, 0.2) is 60.7 Å². The van der Waals surface area contributed by atoms with E-state index in [1.807, 2.05) is 6.07 Å². The average Bonchev–Trinajstić information content (AvgIpc) is 2.40. The van der Waals surface area contributed by atoms with Crippen LogP contribution in [0.5, 0.6) is 0 Å². The summed E-state index contributed by atoms with van der Waals surface area (Å²) in [5.41, 5.74) is 2.56. The number of rotatable bonds is 4. The minimum atomic E-state index is 0.416. The lowest BCUT2D eigenvalue weighted by molar-refractivity contribution is 0.650. The van der Waals surface area contributed by atoms with Crippen LogP contribution in [0.1, 0.15) is 25.3 Å². The van der Waals surface area contributed by atoms with Gasteiger partial charge in [0.15, 0.2) is 0 Å². The van der Waals surface area contributed by atoms with Crippen molar-refractivity contribution in [2.45, 2.75) is 25.8 Å². The van der Waals surface area contributed by atoms with Crippen LogP contribution >= 0.6 is 0 Å². The summed E-state index contributed by atoms with van der Waals surface area (Å²) in [5.74, 6) is 0.497. The molecule has 0 bridgehead atoms. The second-order valence-electron chi connectivity index (χ2n) is 4.50. The maximum atomic E-state index is 3.54. The first kappa shape index (κ1) is 11.7. The van der Waals surface area contributed by atoms with Gasteiger partial charge in [0.2, 0.25) is 0 Å². The fraction of sp³-hybridized carbons (Fsp3) is 0.250. The summed E-state index contributed by atoms with van der Waals surface area (Å²) in [5, 5.41) is 3.54. The maximum absolute atomic E-state index is 3.54. The fourth-order valence-corrected chi connectivity index (χ4v) is 1.97. The molecule has 2 atom stereocenters. The molecule has 0 radical (unpaired) electrons. The fourth-order valence-electron chi connectivity index (χ4n) is 1.97. The van der Waals surface area contributed by atoms with E-state index in [1.165, 1.54) is 11.3 Å². The van der Waals surface area contributed by atoms with Crippen LogP contribution < -0.4 is 5.32 Å². The van der Waals surface area contributed by atoms with Crippen molar-refractivity contribution in [3.8, 4) is 0 Å². The van der Waals surface area contributed by atoms with Crippen molar-refractivity contribution in [1.29, 1.82) is 0 Å². The third kappa shape index (κ3) is 3.10. The number of benzene rings is 2. The van der Waals surface area contributed by atoms with E-state index in [0.717, 1.165) is 0 Å². The molecule has 88 valence electrons. The van der Waals surface area contributed by atoms with Crippen LogP contribution in [-0.2, 0) is 0 Å². The van der Waals surface area contributed by atoms with Gasteiger partial charge in [-0.2, -0.15) is 0 Å². The lowest BCUT2D eigenvalue weighted by Gasteiger charge is -2.22. The van der Waals surface area contributed by atoms with Crippen LogP contribution in [0.3, 0.4) is 0 Å². The normalized spacial score (nSPS) is 14.0. The maximum Gasteiger partial charge on any atom is 0.0342 e. The molecule has 0 aliphatic rings. The summed E-state index contributed by atoms with van der Waals surface area (Å²) < 4.78 is 0. The Morgan fingerprint density at radius 3 is 1.88 bits per heavy atom. The molecular weight excluding hydrogens is 206 g/mol. The monoisotopic (exact) mass is 225 g/mol. The molecule has 0 heterocycles. The predicted octanol–water partition coefficient (Wildman–Crippen LogP) is 4.29. The third-order valence-electron chi connectivity index (χ3n) is 3.24. The van der Waals surface area contributed by atoms with Crippen LogP contribution in [-0.4, -0.2) is 6.04 Å². The molecule has 2 rings (SSSR count). The van der Waals surface area contributed by atoms with Gasteiger partial charge in [0.25, 0.3) is 0 Å². The molecule has 0 saturated carbocycles. The second kappa shape index (κ2) is 5.53. The molecule has 1 nitrogen and oxygen atoms in total. The molecule has 1 heteroatoms. The van der Waals surface area contributed by atoms with Crippen molar-refractivity contribution in [3.63, 3.8) is 0 Å². The molecule has 2 aromatic carbocycles. The Labute approximate surface area is 103 Å². The lowest BCUT2D eigenvalue weighted by atomic mass is 9.94. The molecule has 0 amide bonds. The van der Waals surface area contributed by atoms with Crippen molar-refractivity contribution in [2.24, 2.45) is 0 Å². The van der Waals surface area contributed by atoms with Gasteiger partial charge in [0, 0.05) is 17.6 Å². The van der Waals surface area contributed by atoms with Crippen LogP contribution in [0.2, 0.25) is 0 Å². The largest absolute Gasteiger partial charge is 0.382 e. The van der Waals surface area contributed by atoms with Gasteiger partial charge < -0.3 is 5.32 Å². The topological polar surface area (TPSA) is 12.0 Å². The van der Waals surface area contributed by atoms with E-state index in [4.69, 9.17) is 0 Å². The highest BCUT2D eigenvalue weighted by atomic mass is 14.9. The summed E-state index contributed by atoms with van der Waals surface area (Å²) in [6, 6.07) is 21.4. The highest BCUT2D eigenvalue weighted by Gasteiger charge is 2.13.